The molecule has 0 saturated carbocycles. The Hall–Kier alpha value is -0.860. The average molecular weight is 266 g/mol. The SMILES string of the molecule is Cc1ccc(-c2csc(CCCCl)n2)cc1C. The number of aryl methyl sites for hydroxylation is 3. The number of aromatic nitrogens is 1. The summed E-state index contributed by atoms with van der Waals surface area (Å²) in [6.45, 7) is 4.27. The summed E-state index contributed by atoms with van der Waals surface area (Å²) in [4.78, 5) is 4.65. The summed E-state index contributed by atoms with van der Waals surface area (Å²) in [5.74, 6) is 0.707. The molecule has 0 unspecified atom stereocenters. The van der Waals surface area contributed by atoms with Crippen molar-refractivity contribution in [2.45, 2.75) is 26.7 Å². The number of nitrogens with zero attached hydrogens (tertiary/aromatic N) is 1. The monoisotopic (exact) mass is 265 g/mol. The standard InChI is InChI=1S/C14H16ClNS/c1-10-5-6-12(8-11(10)2)13-9-17-14(16-13)4-3-7-15/h5-6,8-9H,3-4,7H2,1-2H3. The van der Waals surface area contributed by atoms with E-state index in [1.165, 1.54) is 21.7 Å². The van der Waals surface area contributed by atoms with E-state index in [1.807, 2.05) is 0 Å². The van der Waals surface area contributed by atoms with Gasteiger partial charge in [-0.15, -0.1) is 22.9 Å². The lowest BCUT2D eigenvalue weighted by molar-refractivity contribution is 0.916. The van der Waals surface area contributed by atoms with E-state index in [-0.39, 0.29) is 0 Å². The number of halogens is 1. The molecule has 0 N–H and O–H groups in total. The van der Waals surface area contributed by atoms with E-state index in [9.17, 15) is 0 Å². The molecule has 0 aliphatic heterocycles. The Morgan fingerprint density at radius 1 is 1.24 bits per heavy atom. The third kappa shape index (κ3) is 3.08. The van der Waals surface area contributed by atoms with Gasteiger partial charge in [-0.05, 0) is 37.5 Å². The first-order valence-electron chi connectivity index (χ1n) is 5.78. The van der Waals surface area contributed by atoms with Gasteiger partial charge < -0.3 is 0 Å². The van der Waals surface area contributed by atoms with Crippen LogP contribution in [0.15, 0.2) is 23.6 Å². The van der Waals surface area contributed by atoms with Gasteiger partial charge in [-0.1, -0.05) is 12.1 Å². The molecule has 90 valence electrons. The molecule has 2 aromatic rings. The van der Waals surface area contributed by atoms with Crippen molar-refractivity contribution in [3.05, 3.63) is 39.7 Å². The van der Waals surface area contributed by atoms with Crippen molar-refractivity contribution in [1.29, 1.82) is 0 Å². The second-order valence-corrected chi connectivity index (χ2v) is 5.54. The molecule has 0 amide bonds. The summed E-state index contributed by atoms with van der Waals surface area (Å²) in [7, 11) is 0. The number of benzene rings is 1. The van der Waals surface area contributed by atoms with Crippen molar-refractivity contribution in [3.8, 4) is 11.3 Å². The maximum Gasteiger partial charge on any atom is 0.0933 e. The largest absolute Gasteiger partial charge is 0.241 e. The van der Waals surface area contributed by atoms with E-state index in [0.29, 0.717) is 5.88 Å². The molecule has 1 heterocycles. The van der Waals surface area contributed by atoms with E-state index >= 15 is 0 Å². The Morgan fingerprint density at radius 2 is 2.06 bits per heavy atom. The molecule has 0 spiro atoms. The van der Waals surface area contributed by atoms with Crippen LogP contribution in [0.3, 0.4) is 0 Å². The fourth-order valence-electron chi connectivity index (χ4n) is 1.68. The fourth-order valence-corrected chi connectivity index (χ4v) is 2.66. The highest BCUT2D eigenvalue weighted by atomic mass is 35.5. The normalized spacial score (nSPS) is 10.8. The molecule has 0 bridgehead atoms. The van der Waals surface area contributed by atoms with Crippen LogP contribution in [0.2, 0.25) is 0 Å². The number of rotatable bonds is 4. The van der Waals surface area contributed by atoms with Gasteiger partial charge >= 0.3 is 0 Å². The van der Waals surface area contributed by atoms with Gasteiger partial charge in [0.05, 0.1) is 10.7 Å². The topological polar surface area (TPSA) is 12.9 Å². The molecule has 17 heavy (non-hydrogen) atoms. The van der Waals surface area contributed by atoms with Crippen molar-refractivity contribution in [2.24, 2.45) is 0 Å². The quantitative estimate of drug-likeness (QED) is 0.737. The highest BCUT2D eigenvalue weighted by molar-refractivity contribution is 7.09. The average Bonchev–Trinajstić information content (AvgIpc) is 2.79. The highest BCUT2D eigenvalue weighted by Crippen LogP contribution is 2.24. The van der Waals surface area contributed by atoms with Crippen LogP contribution in [0.4, 0.5) is 0 Å². The van der Waals surface area contributed by atoms with Crippen molar-refractivity contribution < 1.29 is 0 Å². The molecule has 0 aliphatic rings. The number of thiazole rings is 1. The summed E-state index contributed by atoms with van der Waals surface area (Å²) in [5.41, 5.74) is 4.94. The second-order valence-electron chi connectivity index (χ2n) is 4.22. The molecule has 0 aliphatic carbocycles. The second kappa shape index (κ2) is 5.65. The van der Waals surface area contributed by atoms with E-state index < -0.39 is 0 Å². The Morgan fingerprint density at radius 3 is 2.76 bits per heavy atom. The van der Waals surface area contributed by atoms with Gasteiger partial charge in [-0.25, -0.2) is 4.98 Å². The lowest BCUT2D eigenvalue weighted by Gasteiger charge is -2.02. The van der Waals surface area contributed by atoms with Crippen LogP contribution in [0, 0.1) is 13.8 Å². The first-order valence-corrected chi connectivity index (χ1v) is 7.20. The van der Waals surface area contributed by atoms with Crippen LogP contribution in [-0.4, -0.2) is 10.9 Å². The minimum atomic E-state index is 0.707. The van der Waals surface area contributed by atoms with Crippen LogP contribution in [-0.2, 0) is 6.42 Å². The minimum absolute atomic E-state index is 0.707. The molecule has 0 atom stereocenters. The van der Waals surface area contributed by atoms with Crippen molar-refractivity contribution in [3.63, 3.8) is 0 Å². The summed E-state index contributed by atoms with van der Waals surface area (Å²) in [5, 5.41) is 3.31. The minimum Gasteiger partial charge on any atom is -0.241 e. The maximum absolute atomic E-state index is 5.69. The van der Waals surface area contributed by atoms with E-state index in [1.54, 1.807) is 11.3 Å². The van der Waals surface area contributed by atoms with E-state index in [2.05, 4.69) is 42.4 Å². The third-order valence-electron chi connectivity index (χ3n) is 2.88. The van der Waals surface area contributed by atoms with Gasteiger partial charge in [0, 0.05) is 23.2 Å². The molecule has 1 aromatic carbocycles. The Balaban J connectivity index is 2.21. The highest BCUT2D eigenvalue weighted by Gasteiger charge is 2.05. The lowest BCUT2D eigenvalue weighted by Crippen LogP contribution is -1.87. The molecule has 0 fully saturated rings. The summed E-state index contributed by atoms with van der Waals surface area (Å²) in [6, 6.07) is 6.50. The van der Waals surface area contributed by atoms with Gasteiger partial charge in [0.25, 0.3) is 0 Å². The van der Waals surface area contributed by atoms with Crippen molar-refractivity contribution in [1.82, 2.24) is 4.98 Å². The molecular weight excluding hydrogens is 250 g/mol. The van der Waals surface area contributed by atoms with Crippen molar-refractivity contribution in [2.75, 3.05) is 5.88 Å². The van der Waals surface area contributed by atoms with Crippen LogP contribution < -0.4 is 0 Å². The predicted molar refractivity (Wildman–Crippen MR) is 76.1 cm³/mol. The van der Waals surface area contributed by atoms with Crippen LogP contribution >= 0.6 is 22.9 Å². The molecule has 3 heteroatoms. The summed E-state index contributed by atoms with van der Waals surface area (Å²) >= 11 is 7.41. The van der Waals surface area contributed by atoms with Gasteiger partial charge in [0.2, 0.25) is 0 Å². The van der Waals surface area contributed by atoms with E-state index in [0.717, 1.165) is 18.5 Å². The molecule has 1 nitrogen and oxygen atoms in total. The maximum atomic E-state index is 5.69. The van der Waals surface area contributed by atoms with Crippen LogP contribution in [0.5, 0.6) is 0 Å². The zero-order chi connectivity index (χ0) is 12.3. The molecule has 0 saturated heterocycles. The Labute approximate surface area is 111 Å². The zero-order valence-electron chi connectivity index (χ0n) is 10.2. The van der Waals surface area contributed by atoms with Crippen LogP contribution in [0.1, 0.15) is 22.6 Å². The molecule has 2 rings (SSSR count). The predicted octanol–water partition coefficient (Wildman–Crippen LogP) is 4.60. The Kier molecular flexibility index (Phi) is 4.19. The number of alkyl halides is 1. The van der Waals surface area contributed by atoms with Gasteiger partial charge in [-0.3, -0.25) is 0 Å². The first kappa shape index (κ1) is 12.6. The first-order chi connectivity index (χ1) is 8.20. The van der Waals surface area contributed by atoms with Crippen LogP contribution in [0.25, 0.3) is 11.3 Å². The zero-order valence-corrected chi connectivity index (χ0v) is 11.7. The molecule has 0 radical (unpaired) electrons. The smallest absolute Gasteiger partial charge is 0.0933 e. The van der Waals surface area contributed by atoms with Gasteiger partial charge in [-0.2, -0.15) is 0 Å². The molecular formula is C14H16ClNS. The number of hydrogen-bond donors (Lipinski definition) is 0. The van der Waals surface area contributed by atoms with Gasteiger partial charge in [0.15, 0.2) is 0 Å². The summed E-state index contributed by atoms with van der Waals surface area (Å²) in [6.07, 6.45) is 1.99. The van der Waals surface area contributed by atoms with Crippen molar-refractivity contribution >= 4 is 22.9 Å². The summed E-state index contributed by atoms with van der Waals surface area (Å²) < 4.78 is 0. The van der Waals surface area contributed by atoms with Gasteiger partial charge in [0.1, 0.15) is 0 Å². The van der Waals surface area contributed by atoms with E-state index in [4.69, 9.17) is 11.6 Å². The lowest BCUT2D eigenvalue weighted by atomic mass is 10.1. The molecule has 1 aromatic heterocycles. The number of hydrogen-bond acceptors (Lipinski definition) is 2. The third-order valence-corrected chi connectivity index (χ3v) is 4.05. The Bertz CT molecular complexity index is 505. The fraction of sp³-hybridized carbons (Fsp3) is 0.357.